The van der Waals surface area contributed by atoms with Crippen LogP contribution in [0, 0.1) is 0 Å². The molecule has 0 aromatic carbocycles. The highest BCUT2D eigenvalue weighted by molar-refractivity contribution is 5.86. The van der Waals surface area contributed by atoms with E-state index in [1.165, 1.54) is 35.5 Å². The van der Waals surface area contributed by atoms with E-state index in [-0.39, 0.29) is 104 Å². The zero-order valence-electron chi connectivity index (χ0n) is 66.2. The van der Waals surface area contributed by atoms with Crippen LogP contribution in [0.4, 0.5) is 0 Å². The minimum absolute atomic E-state index is 0.0553. The van der Waals surface area contributed by atoms with Gasteiger partial charge in [-0.05, 0) is 70.6 Å². The zero-order chi connectivity index (χ0) is 85.4. The Morgan fingerprint density at radius 3 is 0.965 bits per heavy atom. The molecule has 43 nitrogen and oxygen atoms in total. The first kappa shape index (κ1) is 102. The molecule has 0 aliphatic carbocycles. The molecule has 3 aliphatic rings. The number of carboxylic acid groups (broad SMARTS) is 4. The number of rotatable bonds is 63. The first-order valence-electron chi connectivity index (χ1n) is 39.4. The van der Waals surface area contributed by atoms with Crippen molar-refractivity contribution >= 4 is 71.1 Å². The second-order valence-electron chi connectivity index (χ2n) is 28.8. The quantitative estimate of drug-likeness (QED) is 0.0252. The van der Waals surface area contributed by atoms with Gasteiger partial charge in [-0.3, -0.25) is 77.1 Å². The standard InChI is InChI=1S/C72H128N12O31/c1-45(88)78-60-66(106)63(103)49(42-85)113-70(60)110-32-18-7-4-13-23-75-54(93)36-84(37-55(94)76-24-14-5-8-19-33-111-71-61(79-46(2)89)67(107)64(104)50(43-86)114-71)48(69(109)77-27-15-6-9-20-34-112-72-62(80-47(3)90)68(108)65(105)51(44-87)115-72)21-12-17-26-73-52(91)22-11-10-16-25-74-53(92)35-82(39-57(97)98)30-28-81(38-56(95)96)29-31-83(40-58(99)100)41-59(101)102/h48-51,60-68,70-72,85-87,103-108H,4-44H2,1-3H3,(H,73,91)(H,74,92)(H,75,93)(H,76,94)(H,77,109)(H,78,88)(H,79,89)(H,80,90)(H,95,96)(H,97,98)(H,99,100)(H,101,102)/t48?,49-,50-,51+,60-,61-,62+,63+,64+,65-,66-,67-,68+,70+,71+,72?/m1/s1. The molecule has 3 heterocycles. The molecule has 2 unspecified atom stereocenters. The van der Waals surface area contributed by atoms with Crippen LogP contribution in [-0.2, 0) is 86.0 Å². The van der Waals surface area contributed by atoms with Gasteiger partial charge in [0.1, 0.15) is 73.1 Å². The van der Waals surface area contributed by atoms with Crippen LogP contribution in [-0.4, -0.2) is 399 Å². The average molecular weight is 1660 g/mol. The van der Waals surface area contributed by atoms with Crippen molar-refractivity contribution < 1.29 is 152 Å². The first-order chi connectivity index (χ1) is 54.8. The van der Waals surface area contributed by atoms with E-state index < -0.39 is 222 Å². The predicted molar refractivity (Wildman–Crippen MR) is 402 cm³/mol. The second-order valence-corrected chi connectivity index (χ2v) is 28.8. The minimum Gasteiger partial charge on any atom is -0.480 e. The normalized spacial score (nSPS) is 23.7. The van der Waals surface area contributed by atoms with Gasteiger partial charge >= 0.3 is 23.9 Å². The number of unbranched alkanes of at least 4 members (excludes halogenated alkanes) is 12. The maximum atomic E-state index is 14.5. The minimum atomic E-state index is -1.49. The number of carboxylic acids is 4. The highest BCUT2D eigenvalue weighted by atomic mass is 16.7. The van der Waals surface area contributed by atoms with Gasteiger partial charge in [-0.1, -0.05) is 44.9 Å². The van der Waals surface area contributed by atoms with Crippen molar-refractivity contribution in [3.8, 4) is 0 Å². The Hall–Kier alpha value is -7.12. The van der Waals surface area contributed by atoms with Crippen LogP contribution >= 0.6 is 0 Å². The monoisotopic (exact) mass is 1660 g/mol. The third-order valence-corrected chi connectivity index (χ3v) is 19.1. The van der Waals surface area contributed by atoms with Crippen molar-refractivity contribution in [1.82, 2.24) is 62.1 Å². The Balaban J connectivity index is 1.68. The van der Waals surface area contributed by atoms with Crippen LogP contribution in [0.3, 0.4) is 0 Å². The molecular formula is C72H128N12O31. The van der Waals surface area contributed by atoms with Gasteiger partial charge in [0, 0.05) is 106 Å². The summed E-state index contributed by atoms with van der Waals surface area (Å²) in [7, 11) is 0. The summed E-state index contributed by atoms with van der Waals surface area (Å²) in [5.74, 6) is -8.90. The summed E-state index contributed by atoms with van der Waals surface area (Å²) in [6.07, 6.45) is -7.07. The maximum absolute atomic E-state index is 14.5. The Labute approximate surface area is 668 Å². The summed E-state index contributed by atoms with van der Waals surface area (Å²) in [5, 5.41) is 151. The molecule has 115 heavy (non-hydrogen) atoms. The van der Waals surface area contributed by atoms with E-state index in [9.17, 15) is 124 Å². The summed E-state index contributed by atoms with van der Waals surface area (Å²) < 4.78 is 34.4. The predicted octanol–water partition coefficient (Wildman–Crippen LogP) is -7.22. The fourth-order valence-electron chi connectivity index (χ4n) is 13.1. The molecule has 0 saturated carbocycles. The van der Waals surface area contributed by atoms with E-state index in [2.05, 4.69) is 42.5 Å². The largest absolute Gasteiger partial charge is 0.480 e. The number of aliphatic hydroxyl groups is 9. The van der Waals surface area contributed by atoms with Gasteiger partial charge in [0.15, 0.2) is 18.9 Å². The third kappa shape index (κ3) is 42.2. The molecule has 0 aromatic rings. The molecule has 3 aliphatic heterocycles. The lowest BCUT2D eigenvalue weighted by atomic mass is 9.97. The molecule has 0 radical (unpaired) electrons. The number of ether oxygens (including phenoxy) is 6. The van der Waals surface area contributed by atoms with Gasteiger partial charge in [0.05, 0.1) is 71.7 Å². The molecule has 3 saturated heterocycles. The Morgan fingerprint density at radius 1 is 0.339 bits per heavy atom. The SMILES string of the molecule is CC(=O)N[C@H]1[C@@H](OCCCCCCNC(=O)CN(CC(=O)NCCCCCCO[C@H]2O[C@H](CO)[C@H](O)[C@H](O)[C@H]2NC(C)=O)C(CCCCNC(=O)CCCCCNC(=O)CN(CCN(CCN(CC(=O)O)CC(=O)O)CC(=O)O)CC(=O)O)C(=O)NCCCCCCOC2O[C@@H](CO)[C@@H](O)[C@@H](O)[C@@H]2NC(C)=O)O[C@H](CO)[C@H](O)[C@@H]1O. The van der Waals surface area contributed by atoms with Gasteiger partial charge in [0.2, 0.25) is 47.3 Å². The lowest BCUT2D eigenvalue weighted by Crippen LogP contribution is -2.64. The second kappa shape index (κ2) is 57.9. The summed E-state index contributed by atoms with van der Waals surface area (Å²) in [6, 6.07) is -4.40. The van der Waals surface area contributed by atoms with Crippen molar-refractivity contribution in [2.75, 3.05) is 144 Å². The van der Waals surface area contributed by atoms with Crippen molar-refractivity contribution in [2.45, 2.75) is 241 Å². The van der Waals surface area contributed by atoms with Crippen LogP contribution in [0.2, 0.25) is 0 Å². The van der Waals surface area contributed by atoms with Crippen LogP contribution in [0.15, 0.2) is 0 Å². The number of hydrogen-bond donors (Lipinski definition) is 21. The Kier molecular flexibility index (Phi) is 51.4. The fourth-order valence-corrected chi connectivity index (χ4v) is 13.1. The number of aliphatic carboxylic acids is 4. The van der Waals surface area contributed by atoms with Crippen LogP contribution in [0.5, 0.6) is 0 Å². The smallest absolute Gasteiger partial charge is 0.317 e. The lowest BCUT2D eigenvalue weighted by Gasteiger charge is -2.42. The van der Waals surface area contributed by atoms with E-state index in [0.717, 1.165) is 4.90 Å². The molecule has 43 heteroatoms. The van der Waals surface area contributed by atoms with Crippen molar-refractivity contribution in [3.05, 3.63) is 0 Å². The van der Waals surface area contributed by atoms with E-state index in [1.54, 1.807) is 0 Å². The molecule has 8 amide bonds. The van der Waals surface area contributed by atoms with Crippen LogP contribution < -0.4 is 42.5 Å². The number of nitrogens with one attached hydrogen (secondary N) is 8. The molecule has 3 fully saturated rings. The van der Waals surface area contributed by atoms with Gasteiger partial charge < -0.3 is 137 Å². The fraction of sp³-hybridized carbons (Fsp3) is 0.833. The number of nitrogens with zero attached hydrogens (tertiary/aromatic N) is 4. The maximum Gasteiger partial charge on any atom is 0.317 e. The van der Waals surface area contributed by atoms with E-state index in [0.29, 0.717) is 109 Å². The molecule has 3 rings (SSSR count). The molecule has 0 bridgehead atoms. The molecular weight excluding hydrogens is 1530 g/mol. The highest BCUT2D eigenvalue weighted by Crippen LogP contribution is 2.26. The Morgan fingerprint density at radius 2 is 0.626 bits per heavy atom. The summed E-state index contributed by atoms with van der Waals surface area (Å²) in [6.45, 7) is -0.706. The van der Waals surface area contributed by atoms with Gasteiger partial charge in [-0.2, -0.15) is 0 Å². The average Bonchev–Trinajstić information content (AvgIpc) is 0.819. The topological polar surface area (TPSA) is 632 Å². The van der Waals surface area contributed by atoms with E-state index >= 15 is 0 Å². The number of carbonyl (C=O) groups excluding carboxylic acids is 8. The number of aliphatic hydroxyl groups excluding tert-OH is 9. The summed E-state index contributed by atoms with van der Waals surface area (Å²) in [5.41, 5.74) is 0. The van der Waals surface area contributed by atoms with E-state index in [4.69, 9.17) is 28.4 Å². The van der Waals surface area contributed by atoms with Crippen molar-refractivity contribution in [3.63, 3.8) is 0 Å². The van der Waals surface area contributed by atoms with Crippen molar-refractivity contribution in [2.24, 2.45) is 0 Å². The molecule has 0 spiro atoms. The molecule has 662 valence electrons. The summed E-state index contributed by atoms with van der Waals surface area (Å²) >= 11 is 0. The molecule has 0 aromatic heterocycles. The van der Waals surface area contributed by atoms with Gasteiger partial charge in [-0.15, -0.1) is 0 Å². The number of carbonyl (C=O) groups is 12. The zero-order valence-corrected chi connectivity index (χ0v) is 66.2. The van der Waals surface area contributed by atoms with Crippen molar-refractivity contribution in [1.29, 1.82) is 0 Å². The number of hydrogen-bond acceptors (Lipinski definition) is 31. The molecule has 21 N–H and O–H groups in total. The van der Waals surface area contributed by atoms with Crippen LogP contribution in [0.25, 0.3) is 0 Å². The lowest BCUT2D eigenvalue weighted by molar-refractivity contribution is -0.270. The van der Waals surface area contributed by atoms with Crippen LogP contribution in [0.1, 0.15) is 143 Å². The van der Waals surface area contributed by atoms with E-state index in [1.807, 2.05) is 0 Å². The molecule has 16 atom stereocenters. The van der Waals surface area contributed by atoms with Gasteiger partial charge in [0.25, 0.3) is 0 Å². The third-order valence-electron chi connectivity index (χ3n) is 19.1. The highest BCUT2D eigenvalue weighted by Gasteiger charge is 2.48. The first-order valence-corrected chi connectivity index (χ1v) is 39.4. The Bertz CT molecular complexity index is 2820. The number of amides is 8. The summed E-state index contributed by atoms with van der Waals surface area (Å²) in [4.78, 5) is 155. The van der Waals surface area contributed by atoms with Gasteiger partial charge in [-0.25, -0.2) is 0 Å².